The SMILES string of the molecule is O=C1OC(c2ccc(Cl)cc2Cl)=NC1=Cc1csc(-c2ccccn2)n1. The molecule has 0 aliphatic carbocycles. The molecule has 0 saturated heterocycles. The molecular formula is C18H9Cl2N3O2S. The molecule has 1 aromatic carbocycles. The van der Waals surface area contributed by atoms with Gasteiger partial charge in [-0.3, -0.25) is 4.98 Å². The van der Waals surface area contributed by atoms with Gasteiger partial charge in [-0.05, 0) is 36.4 Å². The maximum absolute atomic E-state index is 12.1. The van der Waals surface area contributed by atoms with Crippen LogP contribution in [0, 0.1) is 0 Å². The highest BCUT2D eigenvalue weighted by Gasteiger charge is 2.26. The molecule has 1 aliphatic rings. The Balaban J connectivity index is 1.64. The van der Waals surface area contributed by atoms with Gasteiger partial charge in [-0.2, -0.15) is 0 Å². The van der Waals surface area contributed by atoms with Gasteiger partial charge >= 0.3 is 5.97 Å². The van der Waals surface area contributed by atoms with Crippen molar-refractivity contribution in [1.29, 1.82) is 0 Å². The van der Waals surface area contributed by atoms with Gasteiger partial charge in [0.1, 0.15) is 5.01 Å². The number of halogens is 2. The highest BCUT2D eigenvalue weighted by Crippen LogP contribution is 2.27. The van der Waals surface area contributed by atoms with Crippen LogP contribution in [0.5, 0.6) is 0 Å². The molecule has 3 aromatic rings. The number of nitrogens with zero attached hydrogens (tertiary/aromatic N) is 3. The van der Waals surface area contributed by atoms with Crippen molar-refractivity contribution in [2.45, 2.75) is 0 Å². The van der Waals surface area contributed by atoms with Gasteiger partial charge < -0.3 is 4.74 Å². The summed E-state index contributed by atoms with van der Waals surface area (Å²) in [6.45, 7) is 0. The van der Waals surface area contributed by atoms with Crippen molar-refractivity contribution in [3.05, 3.63) is 75.0 Å². The van der Waals surface area contributed by atoms with Gasteiger partial charge in [-0.15, -0.1) is 11.3 Å². The van der Waals surface area contributed by atoms with E-state index in [-0.39, 0.29) is 11.6 Å². The quantitative estimate of drug-likeness (QED) is 0.464. The van der Waals surface area contributed by atoms with Crippen LogP contribution in [0.3, 0.4) is 0 Å². The standard InChI is InChI=1S/C18H9Cl2N3O2S/c19-10-4-5-12(13(20)7-10)16-23-15(18(24)25-16)8-11-9-26-17(22-11)14-3-1-2-6-21-14/h1-9H. The summed E-state index contributed by atoms with van der Waals surface area (Å²) in [5, 5.41) is 3.43. The van der Waals surface area contributed by atoms with E-state index in [4.69, 9.17) is 27.9 Å². The number of carbonyl (C=O) groups excluding carboxylic acids is 1. The zero-order valence-electron chi connectivity index (χ0n) is 13.0. The monoisotopic (exact) mass is 401 g/mol. The first-order valence-electron chi connectivity index (χ1n) is 7.45. The minimum absolute atomic E-state index is 0.142. The molecule has 8 heteroatoms. The smallest absolute Gasteiger partial charge is 0.363 e. The normalized spacial score (nSPS) is 15.2. The molecule has 0 atom stereocenters. The van der Waals surface area contributed by atoms with E-state index in [1.54, 1.807) is 30.5 Å². The first-order chi connectivity index (χ1) is 12.6. The van der Waals surface area contributed by atoms with Crippen LogP contribution in [0.4, 0.5) is 0 Å². The Morgan fingerprint density at radius 3 is 2.81 bits per heavy atom. The number of aliphatic imine (C=N–C) groups is 1. The number of cyclic esters (lactones) is 1. The van der Waals surface area contributed by atoms with E-state index in [0.717, 1.165) is 10.7 Å². The van der Waals surface area contributed by atoms with Crippen LogP contribution in [-0.2, 0) is 9.53 Å². The molecule has 0 N–H and O–H groups in total. The number of esters is 1. The van der Waals surface area contributed by atoms with Crippen LogP contribution in [0.25, 0.3) is 16.8 Å². The average molecular weight is 402 g/mol. The summed E-state index contributed by atoms with van der Waals surface area (Å²) in [4.78, 5) is 25.1. The number of pyridine rings is 1. The maximum atomic E-state index is 12.1. The minimum Gasteiger partial charge on any atom is -0.402 e. The van der Waals surface area contributed by atoms with Crippen molar-refractivity contribution in [3.63, 3.8) is 0 Å². The predicted molar refractivity (Wildman–Crippen MR) is 102 cm³/mol. The molecule has 2 aromatic heterocycles. The number of ether oxygens (including phenoxy) is 1. The molecule has 0 saturated carbocycles. The van der Waals surface area contributed by atoms with Crippen molar-refractivity contribution < 1.29 is 9.53 Å². The van der Waals surface area contributed by atoms with Crippen molar-refractivity contribution in [2.24, 2.45) is 4.99 Å². The Hall–Kier alpha value is -2.54. The number of benzene rings is 1. The number of hydrogen-bond donors (Lipinski definition) is 0. The second-order valence-electron chi connectivity index (χ2n) is 5.25. The molecule has 0 amide bonds. The number of rotatable bonds is 3. The summed E-state index contributed by atoms with van der Waals surface area (Å²) in [6, 6.07) is 10.5. The zero-order valence-corrected chi connectivity index (χ0v) is 15.3. The van der Waals surface area contributed by atoms with E-state index in [1.165, 1.54) is 11.3 Å². The molecule has 5 nitrogen and oxygen atoms in total. The number of thiazole rings is 1. The van der Waals surface area contributed by atoms with Gasteiger partial charge in [0.15, 0.2) is 5.70 Å². The van der Waals surface area contributed by atoms with Crippen LogP contribution >= 0.6 is 34.5 Å². The summed E-state index contributed by atoms with van der Waals surface area (Å²) in [5.41, 5.74) is 2.03. The summed E-state index contributed by atoms with van der Waals surface area (Å²) in [7, 11) is 0. The maximum Gasteiger partial charge on any atom is 0.363 e. The molecular weight excluding hydrogens is 393 g/mol. The molecule has 3 heterocycles. The molecule has 0 radical (unpaired) electrons. The van der Waals surface area contributed by atoms with Gasteiger partial charge in [-0.1, -0.05) is 29.3 Å². The largest absolute Gasteiger partial charge is 0.402 e. The van der Waals surface area contributed by atoms with E-state index in [9.17, 15) is 4.79 Å². The van der Waals surface area contributed by atoms with E-state index in [2.05, 4.69) is 15.0 Å². The van der Waals surface area contributed by atoms with Crippen molar-refractivity contribution in [3.8, 4) is 10.7 Å². The van der Waals surface area contributed by atoms with Crippen LogP contribution in [0.2, 0.25) is 10.0 Å². The highest BCUT2D eigenvalue weighted by atomic mass is 35.5. The second-order valence-corrected chi connectivity index (χ2v) is 6.95. The summed E-state index contributed by atoms with van der Waals surface area (Å²) in [5.74, 6) is -0.415. The van der Waals surface area contributed by atoms with E-state index >= 15 is 0 Å². The highest BCUT2D eigenvalue weighted by molar-refractivity contribution is 7.13. The third-order valence-corrected chi connectivity index (χ3v) is 4.90. The second kappa shape index (κ2) is 6.99. The fourth-order valence-corrected chi connectivity index (χ4v) is 3.53. The third kappa shape index (κ3) is 3.39. The molecule has 26 heavy (non-hydrogen) atoms. The fourth-order valence-electron chi connectivity index (χ4n) is 2.29. The molecule has 0 fully saturated rings. The van der Waals surface area contributed by atoms with Crippen LogP contribution in [-0.4, -0.2) is 21.8 Å². The summed E-state index contributed by atoms with van der Waals surface area (Å²) < 4.78 is 5.22. The lowest BCUT2D eigenvalue weighted by atomic mass is 10.2. The zero-order chi connectivity index (χ0) is 18.1. The van der Waals surface area contributed by atoms with Gasteiger partial charge in [0, 0.05) is 16.6 Å². The lowest BCUT2D eigenvalue weighted by molar-refractivity contribution is -0.129. The number of carbonyl (C=O) groups is 1. The first-order valence-corrected chi connectivity index (χ1v) is 9.08. The van der Waals surface area contributed by atoms with Crippen LogP contribution < -0.4 is 0 Å². The minimum atomic E-state index is -0.557. The fraction of sp³-hybridized carbons (Fsp3) is 0. The first kappa shape index (κ1) is 16.9. The Kier molecular flexibility index (Phi) is 4.55. The van der Waals surface area contributed by atoms with E-state index in [1.807, 2.05) is 23.6 Å². The van der Waals surface area contributed by atoms with Gasteiger partial charge in [0.05, 0.1) is 22.0 Å². The van der Waals surface area contributed by atoms with Crippen molar-refractivity contribution >= 4 is 52.5 Å². The lowest BCUT2D eigenvalue weighted by Gasteiger charge is -2.02. The van der Waals surface area contributed by atoms with E-state index < -0.39 is 5.97 Å². The van der Waals surface area contributed by atoms with Gasteiger partial charge in [0.25, 0.3) is 0 Å². The average Bonchev–Trinajstić information content (AvgIpc) is 3.23. The molecule has 4 rings (SSSR count). The Morgan fingerprint density at radius 1 is 1.15 bits per heavy atom. The Labute approximate surface area is 162 Å². The predicted octanol–water partition coefficient (Wildman–Crippen LogP) is 4.86. The topological polar surface area (TPSA) is 64.4 Å². The van der Waals surface area contributed by atoms with E-state index in [0.29, 0.717) is 21.3 Å². The Morgan fingerprint density at radius 2 is 2.04 bits per heavy atom. The molecule has 0 spiro atoms. The third-order valence-electron chi connectivity index (χ3n) is 3.47. The summed E-state index contributed by atoms with van der Waals surface area (Å²) in [6.07, 6.45) is 3.28. The molecule has 128 valence electrons. The molecule has 1 aliphatic heterocycles. The van der Waals surface area contributed by atoms with Crippen molar-refractivity contribution in [1.82, 2.24) is 9.97 Å². The van der Waals surface area contributed by atoms with Gasteiger partial charge in [0.2, 0.25) is 5.90 Å². The van der Waals surface area contributed by atoms with Gasteiger partial charge in [-0.25, -0.2) is 14.8 Å². The Bertz CT molecular complexity index is 1060. The van der Waals surface area contributed by atoms with Crippen molar-refractivity contribution in [2.75, 3.05) is 0 Å². The molecule has 0 unspecified atom stereocenters. The van der Waals surface area contributed by atoms with Crippen LogP contribution in [0.1, 0.15) is 11.3 Å². The summed E-state index contributed by atoms with van der Waals surface area (Å²) >= 11 is 13.5. The van der Waals surface area contributed by atoms with Crippen LogP contribution in [0.15, 0.2) is 58.7 Å². The number of hydrogen-bond acceptors (Lipinski definition) is 6. The lowest BCUT2D eigenvalue weighted by Crippen LogP contribution is -2.05. The molecule has 0 bridgehead atoms. The number of aromatic nitrogens is 2.